The van der Waals surface area contributed by atoms with Crippen LogP contribution in [0.5, 0.6) is 0 Å². The molecule has 0 bridgehead atoms. The smallest absolute Gasteiger partial charge is 0.251 e. The first-order valence-corrected chi connectivity index (χ1v) is 5.56. The number of hydrogen-bond acceptors (Lipinski definition) is 4. The molecule has 1 amide bonds. The molecule has 2 rings (SSSR count). The number of rotatable bonds is 2. The first kappa shape index (κ1) is 10.6. The summed E-state index contributed by atoms with van der Waals surface area (Å²) in [6.07, 6.45) is 1.71. The van der Waals surface area contributed by atoms with Gasteiger partial charge in [-0.2, -0.15) is 0 Å². The minimum Gasteiger partial charge on any atom is -0.375 e. The highest BCUT2D eigenvalue weighted by Gasteiger charge is 2.06. The van der Waals surface area contributed by atoms with Crippen LogP contribution in [-0.4, -0.2) is 17.9 Å². The summed E-state index contributed by atoms with van der Waals surface area (Å²) >= 11 is 1.40. The van der Waals surface area contributed by atoms with Gasteiger partial charge in [0.15, 0.2) is 5.13 Å². The van der Waals surface area contributed by atoms with Gasteiger partial charge in [-0.3, -0.25) is 4.79 Å². The molecular formula is C11H11N3OS. The maximum absolute atomic E-state index is 11.5. The van der Waals surface area contributed by atoms with E-state index in [9.17, 15) is 4.79 Å². The first-order chi connectivity index (χ1) is 7.70. The van der Waals surface area contributed by atoms with Gasteiger partial charge in [-0.05, 0) is 17.7 Å². The zero-order chi connectivity index (χ0) is 11.5. The molecule has 1 heterocycles. The Morgan fingerprint density at radius 2 is 2.31 bits per heavy atom. The van der Waals surface area contributed by atoms with Gasteiger partial charge in [-0.1, -0.05) is 23.5 Å². The van der Waals surface area contributed by atoms with Crippen molar-refractivity contribution in [1.82, 2.24) is 10.3 Å². The highest BCUT2D eigenvalue weighted by Crippen LogP contribution is 2.27. The lowest BCUT2D eigenvalue weighted by atomic mass is 10.1. The van der Waals surface area contributed by atoms with E-state index < -0.39 is 0 Å². The fourth-order valence-corrected chi connectivity index (χ4v) is 2.06. The van der Waals surface area contributed by atoms with Gasteiger partial charge in [0.05, 0.1) is 4.88 Å². The van der Waals surface area contributed by atoms with Crippen LogP contribution < -0.4 is 11.1 Å². The number of nitrogens with two attached hydrogens (primary N) is 1. The molecular weight excluding hydrogens is 222 g/mol. The zero-order valence-corrected chi connectivity index (χ0v) is 9.54. The van der Waals surface area contributed by atoms with Crippen molar-refractivity contribution in [2.45, 2.75) is 0 Å². The van der Waals surface area contributed by atoms with Gasteiger partial charge in [-0.15, -0.1) is 0 Å². The summed E-state index contributed by atoms with van der Waals surface area (Å²) in [6, 6.07) is 7.37. The summed E-state index contributed by atoms with van der Waals surface area (Å²) in [6.45, 7) is 0. The van der Waals surface area contributed by atoms with Crippen molar-refractivity contribution in [3.05, 3.63) is 36.0 Å². The van der Waals surface area contributed by atoms with E-state index in [4.69, 9.17) is 5.73 Å². The van der Waals surface area contributed by atoms with Gasteiger partial charge in [0.2, 0.25) is 0 Å². The normalized spacial score (nSPS) is 10.1. The van der Waals surface area contributed by atoms with Crippen molar-refractivity contribution in [2.24, 2.45) is 0 Å². The number of nitrogen functional groups attached to an aromatic ring is 1. The minimum atomic E-state index is -0.0978. The van der Waals surface area contributed by atoms with Crippen LogP contribution in [0.1, 0.15) is 10.4 Å². The molecule has 0 aliphatic rings. The van der Waals surface area contributed by atoms with Crippen molar-refractivity contribution in [1.29, 1.82) is 0 Å². The van der Waals surface area contributed by atoms with Crippen LogP contribution in [0.2, 0.25) is 0 Å². The van der Waals surface area contributed by atoms with Crippen LogP contribution in [0.25, 0.3) is 10.4 Å². The number of amides is 1. The molecule has 0 spiro atoms. The molecule has 0 radical (unpaired) electrons. The number of nitrogens with zero attached hydrogens (tertiary/aromatic N) is 1. The number of anilines is 1. The van der Waals surface area contributed by atoms with Crippen molar-refractivity contribution in [3.63, 3.8) is 0 Å². The molecule has 3 N–H and O–H groups in total. The molecule has 0 atom stereocenters. The third-order valence-corrected chi connectivity index (χ3v) is 3.04. The highest BCUT2D eigenvalue weighted by molar-refractivity contribution is 7.18. The van der Waals surface area contributed by atoms with Gasteiger partial charge < -0.3 is 11.1 Å². The van der Waals surface area contributed by atoms with Crippen LogP contribution in [-0.2, 0) is 0 Å². The number of carbonyl (C=O) groups excluding carboxylic acids is 1. The maximum Gasteiger partial charge on any atom is 0.251 e. The fourth-order valence-electron chi connectivity index (χ4n) is 1.38. The van der Waals surface area contributed by atoms with E-state index in [1.807, 2.05) is 18.2 Å². The van der Waals surface area contributed by atoms with E-state index in [1.165, 1.54) is 11.3 Å². The van der Waals surface area contributed by atoms with Crippen LogP contribution in [0.3, 0.4) is 0 Å². The second-order valence-corrected chi connectivity index (χ2v) is 4.28. The Labute approximate surface area is 97.1 Å². The molecule has 0 unspecified atom stereocenters. The maximum atomic E-state index is 11.5. The molecule has 1 aromatic carbocycles. The standard InChI is InChI=1S/C11H11N3OS/c1-13-10(15)8-4-2-3-7(5-8)9-6-14-11(12)16-9/h2-6H,1H3,(H2,12,14)(H,13,15). The van der Waals surface area contributed by atoms with E-state index in [0.29, 0.717) is 10.7 Å². The fraction of sp³-hybridized carbons (Fsp3) is 0.0909. The summed E-state index contributed by atoms with van der Waals surface area (Å²) in [5, 5.41) is 3.12. The molecule has 0 aliphatic heterocycles. The lowest BCUT2D eigenvalue weighted by Gasteiger charge is -2.01. The first-order valence-electron chi connectivity index (χ1n) is 4.74. The summed E-state index contributed by atoms with van der Waals surface area (Å²) < 4.78 is 0. The Balaban J connectivity index is 2.39. The monoisotopic (exact) mass is 233 g/mol. The quantitative estimate of drug-likeness (QED) is 0.830. The molecule has 0 fully saturated rings. The molecule has 4 nitrogen and oxygen atoms in total. The molecule has 0 saturated heterocycles. The second kappa shape index (κ2) is 4.32. The largest absolute Gasteiger partial charge is 0.375 e. The molecule has 5 heteroatoms. The average molecular weight is 233 g/mol. The van der Waals surface area contributed by atoms with Crippen LogP contribution in [0.15, 0.2) is 30.5 Å². The molecule has 1 aromatic heterocycles. The van der Waals surface area contributed by atoms with Crippen LogP contribution >= 0.6 is 11.3 Å². The number of benzene rings is 1. The van der Waals surface area contributed by atoms with Gasteiger partial charge >= 0.3 is 0 Å². The van der Waals surface area contributed by atoms with E-state index in [1.54, 1.807) is 19.3 Å². The van der Waals surface area contributed by atoms with Gasteiger partial charge in [0.1, 0.15) is 0 Å². The van der Waals surface area contributed by atoms with Crippen molar-refractivity contribution >= 4 is 22.4 Å². The SMILES string of the molecule is CNC(=O)c1cccc(-c2cnc(N)s2)c1. The van der Waals surface area contributed by atoms with E-state index in [2.05, 4.69) is 10.3 Å². The van der Waals surface area contributed by atoms with Gasteiger partial charge in [0, 0.05) is 18.8 Å². The topological polar surface area (TPSA) is 68.0 Å². The van der Waals surface area contributed by atoms with Gasteiger partial charge in [-0.25, -0.2) is 4.98 Å². The predicted molar refractivity (Wildman–Crippen MR) is 65.4 cm³/mol. The number of aromatic nitrogens is 1. The number of carbonyl (C=O) groups is 1. The van der Waals surface area contributed by atoms with E-state index >= 15 is 0 Å². The predicted octanol–water partition coefficient (Wildman–Crippen LogP) is 1.75. The van der Waals surface area contributed by atoms with E-state index in [-0.39, 0.29) is 5.91 Å². The molecule has 0 saturated carbocycles. The Hall–Kier alpha value is -1.88. The summed E-state index contributed by atoms with van der Waals surface area (Å²) in [7, 11) is 1.61. The summed E-state index contributed by atoms with van der Waals surface area (Å²) in [5.41, 5.74) is 7.15. The average Bonchev–Trinajstić information content (AvgIpc) is 2.75. The summed E-state index contributed by atoms with van der Waals surface area (Å²) in [4.78, 5) is 16.4. The Morgan fingerprint density at radius 3 is 2.94 bits per heavy atom. The number of thiazole rings is 1. The van der Waals surface area contributed by atoms with Crippen molar-refractivity contribution in [2.75, 3.05) is 12.8 Å². The lowest BCUT2D eigenvalue weighted by molar-refractivity contribution is 0.0963. The Bertz CT molecular complexity index is 521. The lowest BCUT2D eigenvalue weighted by Crippen LogP contribution is -2.17. The summed E-state index contributed by atoms with van der Waals surface area (Å²) in [5.74, 6) is -0.0978. The van der Waals surface area contributed by atoms with Crippen molar-refractivity contribution < 1.29 is 4.79 Å². The second-order valence-electron chi connectivity index (χ2n) is 3.22. The Kier molecular flexibility index (Phi) is 2.87. The third kappa shape index (κ3) is 2.04. The molecule has 2 aromatic rings. The highest BCUT2D eigenvalue weighted by atomic mass is 32.1. The van der Waals surface area contributed by atoms with E-state index in [0.717, 1.165) is 10.4 Å². The zero-order valence-electron chi connectivity index (χ0n) is 8.73. The van der Waals surface area contributed by atoms with Crippen molar-refractivity contribution in [3.8, 4) is 10.4 Å². The number of nitrogens with one attached hydrogen (secondary N) is 1. The van der Waals surface area contributed by atoms with Gasteiger partial charge in [0.25, 0.3) is 5.91 Å². The molecule has 82 valence electrons. The van der Waals surface area contributed by atoms with Crippen LogP contribution in [0, 0.1) is 0 Å². The molecule has 16 heavy (non-hydrogen) atoms. The minimum absolute atomic E-state index is 0.0978. The Morgan fingerprint density at radius 1 is 1.50 bits per heavy atom. The van der Waals surface area contributed by atoms with Crippen LogP contribution in [0.4, 0.5) is 5.13 Å². The third-order valence-electron chi connectivity index (χ3n) is 2.16. The molecule has 0 aliphatic carbocycles. The number of hydrogen-bond donors (Lipinski definition) is 2.